The van der Waals surface area contributed by atoms with Gasteiger partial charge in [0.05, 0.1) is 10.9 Å². The number of fused-ring (bicyclic) bond motifs is 1. The van der Waals surface area contributed by atoms with E-state index in [9.17, 15) is 13.2 Å². The Hall–Kier alpha value is -2.54. The van der Waals surface area contributed by atoms with Crippen LogP contribution in [0.15, 0.2) is 47.4 Å². The Morgan fingerprint density at radius 3 is 2.35 bits per heavy atom. The Kier molecular flexibility index (Phi) is 5.18. The van der Waals surface area contributed by atoms with E-state index < -0.39 is 9.84 Å². The van der Waals surface area contributed by atoms with Crippen LogP contribution >= 0.6 is 0 Å². The van der Waals surface area contributed by atoms with Crippen molar-refractivity contribution in [1.82, 2.24) is 5.32 Å². The predicted octanol–water partition coefficient (Wildman–Crippen LogP) is 2.74. The Bertz CT molecular complexity index is 906. The molecule has 0 unspecified atom stereocenters. The highest BCUT2D eigenvalue weighted by Gasteiger charge is 2.18. The van der Waals surface area contributed by atoms with Crippen molar-refractivity contribution < 1.29 is 22.7 Å². The largest absolute Gasteiger partial charge is 0.486 e. The highest BCUT2D eigenvalue weighted by molar-refractivity contribution is 7.90. The normalized spacial score (nSPS) is 14.5. The molecule has 0 spiro atoms. The Labute approximate surface area is 153 Å². The van der Waals surface area contributed by atoms with Crippen LogP contribution in [0.5, 0.6) is 11.5 Å². The number of hydrogen-bond acceptors (Lipinski definition) is 5. The third kappa shape index (κ3) is 3.99. The van der Waals surface area contributed by atoms with Crippen molar-refractivity contribution in [2.75, 3.05) is 19.5 Å². The number of ether oxygens (including phenoxy) is 2. The van der Waals surface area contributed by atoms with Gasteiger partial charge in [0.25, 0.3) is 5.91 Å². The zero-order valence-electron chi connectivity index (χ0n) is 14.7. The van der Waals surface area contributed by atoms with Gasteiger partial charge in [-0.2, -0.15) is 0 Å². The molecular weight excluding hydrogens is 354 g/mol. The van der Waals surface area contributed by atoms with Crippen LogP contribution in [0, 0.1) is 0 Å². The minimum atomic E-state index is -3.24. The molecule has 1 N–H and O–H groups in total. The van der Waals surface area contributed by atoms with E-state index in [4.69, 9.17) is 9.47 Å². The smallest absolute Gasteiger partial charge is 0.251 e. The fraction of sp³-hybridized carbons (Fsp3) is 0.316. The molecule has 1 heterocycles. The summed E-state index contributed by atoms with van der Waals surface area (Å²) in [5, 5.41) is 2.98. The van der Waals surface area contributed by atoms with Gasteiger partial charge in [-0.15, -0.1) is 0 Å². The molecule has 0 bridgehead atoms. The maximum absolute atomic E-state index is 12.6. The summed E-state index contributed by atoms with van der Waals surface area (Å²) in [5.41, 5.74) is 1.34. The lowest BCUT2D eigenvalue weighted by atomic mass is 10.0. The lowest BCUT2D eigenvalue weighted by Gasteiger charge is -2.20. The molecule has 3 rings (SSSR count). The molecule has 1 aliphatic heterocycles. The number of hydrogen-bond donors (Lipinski definition) is 1. The van der Waals surface area contributed by atoms with Crippen molar-refractivity contribution in [1.29, 1.82) is 0 Å². The molecule has 0 radical (unpaired) electrons. The molecule has 0 saturated carbocycles. The van der Waals surface area contributed by atoms with Crippen LogP contribution in [0.3, 0.4) is 0 Å². The van der Waals surface area contributed by atoms with E-state index in [-0.39, 0.29) is 16.8 Å². The van der Waals surface area contributed by atoms with E-state index in [0.717, 1.165) is 5.56 Å². The molecule has 2 aromatic rings. The van der Waals surface area contributed by atoms with Crippen molar-refractivity contribution in [3.63, 3.8) is 0 Å². The van der Waals surface area contributed by atoms with Crippen LogP contribution in [-0.2, 0) is 9.84 Å². The van der Waals surface area contributed by atoms with Gasteiger partial charge in [0.1, 0.15) is 13.2 Å². The number of sulfone groups is 1. The zero-order chi connectivity index (χ0) is 18.7. The summed E-state index contributed by atoms with van der Waals surface area (Å²) in [5.74, 6) is 0.978. The van der Waals surface area contributed by atoms with Gasteiger partial charge < -0.3 is 14.8 Å². The molecule has 138 valence electrons. The topological polar surface area (TPSA) is 81.7 Å². The maximum Gasteiger partial charge on any atom is 0.251 e. The number of rotatable bonds is 5. The second-order valence-electron chi connectivity index (χ2n) is 6.13. The average molecular weight is 375 g/mol. The van der Waals surface area contributed by atoms with E-state index in [1.165, 1.54) is 6.26 Å². The number of amides is 1. The fourth-order valence-electron chi connectivity index (χ4n) is 2.79. The molecule has 7 heteroatoms. The molecule has 26 heavy (non-hydrogen) atoms. The highest BCUT2D eigenvalue weighted by atomic mass is 32.2. The summed E-state index contributed by atoms with van der Waals surface area (Å²) in [6, 6.07) is 11.5. The van der Waals surface area contributed by atoms with E-state index in [1.807, 2.05) is 6.92 Å². The molecular formula is C19H21NO5S. The summed E-state index contributed by atoms with van der Waals surface area (Å²) in [6.07, 6.45) is 1.84. The SMILES string of the molecule is CC[C@@H](NC(=O)c1ccc2c(c1)OCCO2)c1ccc(S(C)(=O)=O)cc1. The van der Waals surface area contributed by atoms with Gasteiger partial charge in [0.15, 0.2) is 21.3 Å². The van der Waals surface area contributed by atoms with Crippen LogP contribution in [0.4, 0.5) is 0 Å². The quantitative estimate of drug-likeness (QED) is 0.869. The zero-order valence-corrected chi connectivity index (χ0v) is 15.5. The second kappa shape index (κ2) is 7.37. The molecule has 1 atom stereocenters. The highest BCUT2D eigenvalue weighted by Crippen LogP contribution is 2.31. The summed E-state index contributed by atoms with van der Waals surface area (Å²) >= 11 is 0. The van der Waals surface area contributed by atoms with E-state index in [0.29, 0.717) is 36.7 Å². The van der Waals surface area contributed by atoms with Crippen molar-refractivity contribution in [3.05, 3.63) is 53.6 Å². The van der Waals surface area contributed by atoms with Crippen molar-refractivity contribution in [3.8, 4) is 11.5 Å². The van der Waals surface area contributed by atoms with Crippen molar-refractivity contribution in [2.45, 2.75) is 24.3 Å². The molecule has 0 fully saturated rings. The third-order valence-electron chi connectivity index (χ3n) is 4.23. The molecule has 0 aliphatic carbocycles. The van der Waals surface area contributed by atoms with Gasteiger partial charge in [-0.3, -0.25) is 4.79 Å². The molecule has 0 aromatic heterocycles. The number of carbonyl (C=O) groups is 1. The van der Waals surface area contributed by atoms with Gasteiger partial charge in [0, 0.05) is 11.8 Å². The van der Waals surface area contributed by atoms with Crippen LogP contribution < -0.4 is 14.8 Å². The first-order chi connectivity index (χ1) is 12.4. The van der Waals surface area contributed by atoms with E-state index in [1.54, 1.807) is 42.5 Å². The van der Waals surface area contributed by atoms with E-state index >= 15 is 0 Å². The maximum atomic E-state index is 12.6. The Morgan fingerprint density at radius 1 is 1.08 bits per heavy atom. The number of nitrogens with one attached hydrogen (secondary N) is 1. The minimum absolute atomic E-state index is 0.218. The summed E-state index contributed by atoms with van der Waals surface area (Å²) in [6.45, 7) is 2.92. The van der Waals surface area contributed by atoms with Gasteiger partial charge in [-0.05, 0) is 42.3 Å². The predicted molar refractivity (Wildman–Crippen MR) is 97.5 cm³/mol. The van der Waals surface area contributed by atoms with Crippen LogP contribution in [0.1, 0.15) is 35.3 Å². The van der Waals surface area contributed by atoms with Crippen LogP contribution in [-0.4, -0.2) is 33.8 Å². The summed E-state index contributed by atoms with van der Waals surface area (Å²) in [7, 11) is -3.24. The van der Waals surface area contributed by atoms with Crippen LogP contribution in [0.2, 0.25) is 0 Å². The van der Waals surface area contributed by atoms with Crippen molar-refractivity contribution in [2.24, 2.45) is 0 Å². The lowest BCUT2D eigenvalue weighted by molar-refractivity contribution is 0.0934. The second-order valence-corrected chi connectivity index (χ2v) is 8.15. The number of benzene rings is 2. The standard InChI is InChI=1S/C19H21NO5S/c1-3-16(13-4-7-15(8-5-13)26(2,22)23)20-19(21)14-6-9-17-18(12-14)25-11-10-24-17/h4-9,12,16H,3,10-11H2,1-2H3,(H,20,21)/t16-/m1/s1. The summed E-state index contributed by atoms with van der Waals surface area (Å²) < 4.78 is 34.1. The first-order valence-corrected chi connectivity index (χ1v) is 10.3. The van der Waals surface area contributed by atoms with Gasteiger partial charge in [0.2, 0.25) is 0 Å². The first-order valence-electron chi connectivity index (χ1n) is 8.39. The minimum Gasteiger partial charge on any atom is -0.486 e. The first kappa shape index (κ1) is 18.3. The summed E-state index contributed by atoms with van der Waals surface area (Å²) in [4.78, 5) is 12.9. The van der Waals surface area contributed by atoms with Crippen molar-refractivity contribution >= 4 is 15.7 Å². The molecule has 1 amide bonds. The van der Waals surface area contributed by atoms with Gasteiger partial charge >= 0.3 is 0 Å². The Morgan fingerprint density at radius 2 is 1.73 bits per heavy atom. The van der Waals surface area contributed by atoms with Gasteiger partial charge in [-0.1, -0.05) is 19.1 Å². The molecule has 1 aliphatic rings. The number of carbonyl (C=O) groups excluding carboxylic acids is 1. The molecule has 2 aromatic carbocycles. The monoisotopic (exact) mass is 375 g/mol. The average Bonchev–Trinajstić information content (AvgIpc) is 2.65. The molecule has 6 nitrogen and oxygen atoms in total. The molecule has 0 saturated heterocycles. The van der Waals surface area contributed by atoms with Gasteiger partial charge in [-0.25, -0.2) is 8.42 Å². The van der Waals surface area contributed by atoms with E-state index in [2.05, 4.69) is 5.32 Å². The fourth-order valence-corrected chi connectivity index (χ4v) is 3.43. The lowest BCUT2D eigenvalue weighted by Crippen LogP contribution is -2.28. The Balaban J connectivity index is 1.76. The van der Waals surface area contributed by atoms with Crippen LogP contribution in [0.25, 0.3) is 0 Å². The third-order valence-corrected chi connectivity index (χ3v) is 5.36.